The van der Waals surface area contributed by atoms with Gasteiger partial charge in [0.25, 0.3) is 5.69 Å². The van der Waals surface area contributed by atoms with Crippen molar-refractivity contribution in [2.24, 2.45) is 0 Å². The number of non-ortho nitro benzene ring substituents is 1. The number of rotatable bonds is 9. The van der Waals surface area contributed by atoms with Crippen LogP contribution in [0.4, 0.5) is 11.4 Å². The SMILES string of the molecule is CCn1c(SCC(=O)Nc2ccc([N+](=O)[O-])cc2C)nnc1C(C)Oc1ccccc1Cl. The van der Waals surface area contributed by atoms with Crippen molar-refractivity contribution in [3.63, 3.8) is 0 Å². The molecule has 1 atom stereocenters. The number of hydrogen-bond donors (Lipinski definition) is 1. The van der Waals surface area contributed by atoms with Crippen molar-refractivity contribution in [1.82, 2.24) is 14.8 Å². The number of ether oxygens (including phenoxy) is 1. The van der Waals surface area contributed by atoms with Gasteiger partial charge in [-0.1, -0.05) is 35.5 Å². The van der Waals surface area contributed by atoms with Crippen molar-refractivity contribution in [3.8, 4) is 5.75 Å². The summed E-state index contributed by atoms with van der Waals surface area (Å²) in [7, 11) is 0. The van der Waals surface area contributed by atoms with Gasteiger partial charge in [0.2, 0.25) is 5.91 Å². The minimum atomic E-state index is -0.472. The predicted octanol–water partition coefficient (Wildman–Crippen LogP) is 5.04. The van der Waals surface area contributed by atoms with Gasteiger partial charge >= 0.3 is 0 Å². The Morgan fingerprint density at radius 1 is 1.31 bits per heavy atom. The number of thioether (sulfide) groups is 1. The fourth-order valence-electron chi connectivity index (χ4n) is 3.01. The van der Waals surface area contributed by atoms with Crippen LogP contribution in [0.1, 0.15) is 31.3 Å². The van der Waals surface area contributed by atoms with Gasteiger partial charge in [-0.2, -0.15) is 0 Å². The van der Waals surface area contributed by atoms with E-state index in [0.29, 0.717) is 39.5 Å². The highest BCUT2D eigenvalue weighted by Crippen LogP contribution is 2.29. The molecule has 3 aromatic rings. The molecule has 1 aromatic heterocycles. The highest BCUT2D eigenvalue weighted by Gasteiger charge is 2.20. The minimum absolute atomic E-state index is 0.0217. The van der Waals surface area contributed by atoms with E-state index in [1.54, 1.807) is 19.1 Å². The van der Waals surface area contributed by atoms with Crippen LogP contribution in [0, 0.1) is 17.0 Å². The second-order valence-electron chi connectivity index (χ2n) is 6.87. The summed E-state index contributed by atoms with van der Waals surface area (Å²) in [6, 6.07) is 11.5. The summed E-state index contributed by atoms with van der Waals surface area (Å²) in [5.41, 5.74) is 1.12. The molecule has 1 heterocycles. The topological polar surface area (TPSA) is 112 Å². The van der Waals surface area contributed by atoms with E-state index in [-0.39, 0.29) is 17.3 Å². The summed E-state index contributed by atoms with van der Waals surface area (Å²) in [5, 5.41) is 23.2. The number of nitro groups is 1. The highest BCUT2D eigenvalue weighted by atomic mass is 35.5. The molecule has 3 rings (SSSR count). The maximum atomic E-state index is 12.4. The second-order valence-corrected chi connectivity index (χ2v) is 8.22. The van der Waals surface area contributed by atoms with Crippen LogP contribution >= 0.6 is 23.4 Å². The number of amides is 1. The quantitative estimate of drug-likeness (QED) is 0.262. The Hall–Kier alpha value is -3.11. The third-order valence-electron chi connectivity index (χ3n) is 4.59. The van der Waals surface area contributed by atoms with Crippen LogP contribution in [0.3, 0.4) is 0 Å². The largest absolute Gasteiger partial charge is 0.481 e. The molecule has 0 spiro atoms. The van der Waals surface area contributed by atoms with Gasteiger partial charge in [-0.15, -0.1) is 10.2 Å². The van der Waals surface area contributed by atoms with Crippen LogP contribution in [-0.4, -0.2) is 31.3 Å². The summed E-state index contributed by atoms with van der Waals surface area (Å²) < 4.78 is 7.82. The van der Waals surface area contributed by atoms with Crippen LogP contribution in [0.5, 0.6) is 5.75 Å². The lowest BCUT2D eigenvalue weighted by Gasteiger charge is -2.16. The molecule has 1 amide bonds. The Labute approximate surface area is 194 Å². The van der Waals surface area contributed by atoms with Gasteiger partial charge in [0.15, 0.2) is 17.1 Å². The van der Waals surface area contributed by atoms with Crippen molar-refractivity contribution in [3.05, 3.63) is 69.0 Å². The van der Waals surface area contributed by atoms with Crippen LogP contribution in [-0.2, 0) is 11.3 Å². The van der Waals surface area contributed by atoms with Crippen molar-refractivity contribution >= 4 is 40.6 Å². The van der Waals surface area contributed by atoms with E-state index in [4.69, 9.17) is 16.3 Å². The van der Waals surface area contributed by atoms with Crippen molar-refractivity contribution in [1.29, 1.82) is 0 Å². The molecule has 9 nitrogen and oxygen atoms in total. The third-order valence-corrected chi connectivity index (χ3v) is 5.87. The first kappa shape index (κ1) is 23.6. The molecule has 0 aliphatic carbocycles. The zero-order valence-corrected chi connectivity index (χ0v) is 19.3. The number of anilines is 1. The Balaban J connectivity index is 1.64. The van der Waals surface area contributed by atoms with E-state index >= 15 is 0 Å². The lowest BCUT2D eigenvalue weighted by Crippen LogP contribution is -2.16. The zero-order valence-electron chi connectivity index (χ0n) is 17.7. The number of nitrogens with zero attached hydrogens (tertiary/aromatic N) is 4. The lowest BCUT2D eigenvalue weighted by atomic mass is 10.2. The average Bonchev–Trinajstić information content (AvgIpc) is 3.18. The van der Waals surface area contributed by atoms with Crippen LogP contribution < -0.4 is 10.1 Å². The summed E-state index contributed by atoms with van der Waals surface area (Å²) in [4.78, 5) is 22.8. The summed E-state index contributed by atoms with van der Waals surface area (Å²) in [5.74, 6) is 1.04. The van der Waals surface area contributed by atoms with Crippen molar-refractivity contribution in [2.45, 2.75) is 38.6 Å². The first-order chi connectivity index (χ1) is 15.3. The number of aryl methyl sites for hydroxylation is 1. The number of hydrogen-bond acceptors (Lipinski definition) is 7. The monoisotopic (exact) mass is 475 g/mol. The first-order valence-electron chi connectivity index (χ1n) is 9.82. The van der Waals surface area contributed by atoms with E-state index < -0.39 is 11.0 Å². The zero-order chi connectivity index (χ0) is 23.3. The molecule has 11 heteroatoms. The number of nitrogens with one attached hydrogen (secondary N) is 1. The standard InChI is InChI=1S/C21H22ClN5O4S/c1-4-26-20(14(3)31-18-8-6-5-7-16(18)22)24-25-21(26)32-12-19(28)23-17-10-9-15(27(29)30)11-13(17)2/h5-11,14H,4,12H2,1-3H3,(H,23,28). The molecule has 1 N–H and O–H groups in total. The average molecular weight is 476 g/mol. The normalized spacial score (nSPS) is 11.8. The Morgan fingerprint density at radius 3 is 2.72 bits per heavy atom. The Morgan fingerprint density at radius 2 is 2.06 bits per heavy atom. The summed E-state index contributed by atoms with van der Waals surface area (Å²) in [6.45, 7) is 6.12. The molecule has 0 fully saturated rings. The smallest absolute Gasteiger partial charge is 0.269 e. The number of para-hydroxylation sites is 1. The maximum Gasteiger partial charge on any atom is 0.269 e. The summed E-state index contributed by atoms with van der Waals surface area (Å²) in [6.07, 6.45) is -0.395. The first-order valence-corrected chi connectivity index (χ1v) is 11.2. The van der Waals surface area contributed by atoms with E-state index in [1.807, 2.05) is 30.5 Å². The molecular weight excluding hydrogens is 454 g/mol. The van der Waals surface area contributed by atoms with Gasteiger partial charge in [-0.25, -0.2) is 0 Å². The molecule has 0 radical (unpaired) electrons. The van der Waals surface area contributed by atoms with Gasteiger partial charge in [-0.3, -0.25) is 14.9 Å². The number of carbonyl (C=O) groups excluding carboxylic acids is 1. The van der Waals surface area contributed by atoms with Gasteiger partial charge < -0.3 is 14.6 Å². The number of nitro benzene ring substituents is 1. The van der Waals surface area contributed by atoms with Crippen LogP contribution in [0.2, 0.25) is 5.02 Å². The van der Waals surface area contributed by atoms with Gasteiger partial charge in [0, 0.05) is 24.4 Å². The molecule has 0 saturated carbocycles. The number of aromatic nitrogens is 3. The molecule has 0 aliphatic heterocycles. The third kappa shape index (κ3) is 5.57. The number of benzene rings is 2. The fraction of sp³-hybridized carbons (Fsp3) is 0.286. The molecule has 1 unspecified atom stereocenters. The molecule has 0 saturated heterocycles. The molecule has 2 aromatic carbocycles. The van der Waals surface area contributed by atoms with Gasteiger partial charge in [0.05, 0.1) is 15.7 Å². The van der Waals surface area contributed by atoms with Gasteiger partial charge in [0.1, 0.15) is 5.75 Å². The fourth-order valence-corrected chi connectivity index (χ4v) is 4.00. The van der Waals surface area contributed by atoms with Crippen molar-refractivity contribution in [2.75, 3.05) is 11.1 Å². The van der Waals surface area contributed by atoms with E-state index in [9.17, 15) is 14.9 Å². The summed E-state index contributed by atoms with van der Waals surface area (Å²) >= 11 is 7.42. The van der Waals surface area contributed by atoms with E-state index in [1.165, 1.54) is 30.0 Å². The predicted molar refractivity (Wildman–Crippen MR) is 123 cm³/mol. The molecular formula is C21H22ClN5O4S. The molecule has 0 aliphatic rings. The number of carbonyl (C=O) groups is 1. The Bertz CT molecular complexity index is 1140. The van der Waals surface area contributed by atoms with Gasteiger partial charge in [-0.05, 0) is 44.5 Å². The van der Waals surface area contributed by atoms with Crippen LogP contribution in [0.25, 0.3) is 0 Å². The van der Waals surface area contributed by atoms with Crippen LogP contribution in [0.15, 0.2) is 47.6 Å². The highest BCUT2D eigenvalue weighted by molar-refractivity contribution is 7.99. The van der Waals surface area contributed by atoms with E-state index in [2.05, 4.69) is 15.5 Å². The number of halogens is 1. The molecule has 168 valence electrons. The molecule has 32 heavy (non-hydrogen) atoms. The second kappa shape index (κ2) is 10.5. The van der Waals surface area contributed by atoms with E-state index in [0.717, 1.165) is 0 Å². The van der Waals surface area contributed by atoms with Crippen molar-refractivity contribution < 1.29 is 14.5 Å². The maximum absolute atomic E-state index is 12.4. The Kier molecular flexibility index (Phi) is 7.70. The minimum Gasteiger partial charge on any atom is -0.481 e. The molecule has 0 bridgehead atoms. The lowest BCUT2D eigenvalue weighted by molar-refractivity contribution is -0.384.